The minimum absolute atomic E-state index is 0.161. The van der Waals surface area contributed by atoms with Crippen LogP contribution in [0.4, 0.5) is 35.9 Å². The number of H-pyrrole nitrogens is 1. The van der Waals surface area contributed by atoms with E-state index in [1.807, 2.05) is 24.3 Å². The van der Waals surface area contributed by atoms with Gasteiger partial charge in [-0.15, -0.1) is 26.3 Å². The van der Waals surface area contributed by atoms with E-state index in [-0.39, 0.29) is 36.2 Å². The zero-order chi connectivity index (χ0) is 59.6. The number of halogens is 9. The number of rotatable bonds is 13. The summed E-state index contributed by atoms with van der Waals surface area (Å²) in [6.07, 6.45) is -10.5. The first-order chi connectivity index (χ1) is 38.5. The summed E-state index contributed by atoms with van der Waals surface area (Å²) in [6, 6.07) is 35.5. The number of nitrogens with zero attached hydrogens (tertiary/aromatic N) is 2. The number of ketones is 2. The molecule has 6 aromatic carbocycles. The van der Waals surface area contributed by atoms with Crippen molar-refractivity contribution in [1.82, 2.24) is 19.8 Å². The molecule has 2 atom stereocenters. The van der Waals surface area contributed by atoms with Gasteiger partial charge in [0.1, 0.15) is 11.5 Å². The van der Waals surface area contributed by atoms with Crippen LogP contribution in [0.3, 0.4) is 0 Å². The third-order valence-corrected chi connectivity index (χ3v) is 14.5. The van der Waals surface area contributed by atoms with Crippen molar-refractivity contribution in [2.45, 2.75) is 76.3 Å². The van der Waals surface area contributed by atoms with Crippen LogP contribution in [0.1, 0.15) is 79.3 Å². The number of likely N-dealkylation sites (N-methyl/N-ethyl adjacent to an activating group) is 1. The SMILES string of the molecule is CN1C(=O)O[C@](C)(Cc2ccc(CBr)cc2)C1=O.Cc1[nH]c2cc(OC(F)(F)F)ccc2c1C(=O)c1ccc(Cl)cc1.Cc1c(C(=O)c2ccc(Cl)cc2)c2ccc(OC(F)(F)F)cc2n1Cc1ccc(C[C@]2(C)OC(=O)NC2=O)cc1. The fourth-order valence-electron chi connectivity index (χ4n) is 9.38. The van der Waals surface area contributed by atoms with Crippen molar-refractivity contribution < 1.29 is 74.1 Å². The number of aromatic nitrogens is 2. The maximum Gasteiger partial charge on any atom is 0.573 e. The number of aryl methyl sites for hydroxylation is 1. The van der Waals surface area contributed by atoms with Gasteiger partial charge < -0.3 is 28.5 Å². The van der Waals surface area contributed by atoms with Crippen molar-refractivity contribution in [2.24, 2.45) is 0 Å². The molecule has 0 bridgehead atoms. The maximum absolute atomic E-state index is 13.5. The lowest BCUT2D eigenvalue weighted by Crippen LogP contribution is -2.38. The first-order valence-electron chi connectivity index (χ1n) is 24.7. The van der Waals surface area contributed by atoms with Gasteiger partial charge in [-0.1, -0.05) is 87.7 Å². The summed E-state index contributed by atoms with van der Waals surface area (Å²) in [7, 11) is 1.43. The van der Waals surface area contributed by atoms with E-state index in [1.165, 1.54) is 50.4 Å². The van der Waals surface area contributed by atoms with E-state index in [1.54, 1.807) is 98.1 Å². The van der Waals surface area contributed by atoms with Crippen LogP contribution in [0.5, 0.6) is 11.5 Å². The number of cyclic esters (lactones) is 2. The van der Waals surface area contributed by atoms with Crippen LogP contribution >= 0.6 is 39.1 Å². The van der Waals surface area contributed by atoms with Crippen LogP contribution < -0.4 is 14.8 Å². The van der Waals surface area contributed by atoms with Crippen LogP contribution in [-0.2, 0) is 43.8 Å². The Morgan fingerprint density at radius 2 is 1.10 bits per heavy atom. The monoisotopic (exact) mass is 1230 g/mol. The first-order valence-corrected chi connectivity index (χ1v) is 26.6. The van der Waals surface area contributed by atoms with Crippen LogP contribution in [0, 0.1) is 13.8 Å². The quantitative estimate of drug-likeness (QED) is 0.0642. The number of benzene rings is 6. The number of alkyl halides is 7. The molecule has 82 heavy (non-hydrogen) atoms. The van der Waals surface area contributed by atoms with E-state index in [2.05, 4.69) is 35.7 Å². The van der Waals surface area contributed by atoms with E-state index < -0.39 is 47.8 Å². The molecule has 4 amide bonds. The second-order valence-corrected chi connectivity index (χ2v) is 20.9. The predicted molar refractivity (Wildman–Crippen MR) is 296 cm³/mol. The highest BCUT2D eigenvalue weighted by Crippen LogP contribution is 2.36. The Morgan fingerprint density at radius 3 is 1.57 bits per heavy atom. The molecular weight excluding hydrogens is 1190 g/mol. The summed E-state index contributed by atoms with van der Waals surface area (Å²) in [5, 5.41) is 4.90. The average molecular weight is 1240 g/mol. The Morgan fingerprint density at radius 1 is 0.622 bits per heavy atom. The summed E-state index contributed by atoms with van der Waals surface area (Å²) >= 11 is 15.2. The Hall–Kier alpha value is -8.14. The molecule has 14 nitrogen and oxygen atoms in total. The number of fused-ring (bicyclic) bond motifs is 2. The molecule has 10 rings (SSSR count). The van der Waals surface area contributed by atoms with Crippen LogP contribution in [0.15, 0.2) is 133 Å². The van der Waals surface area contributed by atoms with Gasteiger partial charge in [0, 0.05) is 87.2 Å². The van der Waals surface area contributed by atoms with Gasteiger partial charge >= 0.3 is 24.9 Å². The van der Waals surface area contributed by atoms with Crippen LogP contribution in [-0.4, -0.2) is 81.0 Å². The number of carbonyl (C=O) groups excluding carboxylic acids is 6. The number of ether oxygens (including phenoxy) is 4. The summed E-state index contributed by atoms with van der Waals surface area (Å²) in [4.78, 5) is 77.0. The summed E-state index contributed by atoms with van der Waals surface area (Å²) in [6.45, 7) is 6.83. The minimum atomic E-state index is -4.88. The summed E-state index contributed by atoms with van der Waals surface area (Å²) in [5.41, 5.74) is 4.76. The number of hydrogen-bond donors (Lipinski definition) is 2. The normalized spacial score (nSPS) is 16.9. The van der Waals surface area contributed by atoms with E-state index in [9.17, 15) is 55.1 Å². The van der Waals surface area contributed by atoms with E-state index in [4.69, 9.17) is 32.7 Å². The van der Waals surface area contributed by atoms with Crippen molar-refractivity contribution in [3.63, 3.8) is 0 Å². The molecule has 0 spiro atoms. The predicted octanol–water partition coefficient (Wildman–Crippen LogP) is 14.1. The fourth-order valence-corrected chi connectivity index (χ4v) is 10.0. The Labute approximate surface area is 482 Å². The summed E-state index contributed by atoms with van der Waals surface area (Å²) < 4.78 is 95.9. The fraction of sp³-hybridized carbons (Fsp3) is 0.220. The standard InChI is InChI=1S/C29H22ClF3N2O5.C17H11ClF3NO2.C13H14BrNO3/c1-16-24(25(36)19-7-9-20(30)10-8-19)22-12-11-21(39-29(31,32)33)13-23(22)35(16)15-18-5-3-17(4-6-18)14-28(2)26(37)34-27(38)40-28;1-9-15(16(23)10-2-4-11(18)5-3-10)13-7-6-12(8-14(13)22-9)24-17(19,20)21;1-13(11(16)15(2)12(17)18-13)7-9-3-5-10(8-14)6-4-9/h3-13H,14-15H2,1-2H3,(H,34,37,38);2-8,22H,1H3;3-6H,7-8H2,1-2H3/t28-;;13-/m0.1/s1. The highest BCUT2D eigenvalue weighted by atomic mass is 79.9. The molecule has 0 radical (unpaired) electrons. The van der Waals surface area contributed by atoms with Crippen molar-refractivity contribution >= 4 is 96.5 Å². The number of nitrogens with one attached hydrogen (secondary N) is 2. The number of amides is 4. The summed E-state index contributed by atoms with van der Waals surface area (Å²) in [5.74, 6) is -2.10. The van der Waals surface area contributed by atoms with Gasteiger partial charge in [-0.2, -0.15) is 0 Å². The van der Waals surface area contributed by atoms with Gasteiger partial charge in [-0.25, -0.2) is 14.5 Å². The second kappa shape index (κ2) is 23.8. The Balaban J connectivity index is 0.000000177. The lowest BCUT2D eigenvalue weighted by Gasteiger charge is -2.19. The molecule has 2 N–H and O–H groups in total. The smallest absolute Gasteiger partial charge is 0.432 e. The van der Waals surface area contributed by atoms with Gasteiger partial charge in [-0.05, 0) is 123 Å². The third kappa shape index (κ3) is 13.8. The maximum atomic E-state index is 13.5. The topological polar surface area (TPSA) is 175 Å². The highest BCUT2D eigenvalue weighted by molar-refractivity contribution is 9.08. The molecule has 426 valence electrons. The van der Waals surface area contributed by atoms with E-state index >= 15 is 0 Å². The first kappa shape index (κ1) is 60.0. The van der Waals surface area contributed by atoms with Crippen LogP contribution in [0.25, 0.3) is 21.8 Å². The minimum Gasteiger partial charge on any atom is -0.432 e. The molecule has 0 aliphatic carbocycles. The molecule has 2 aliphatic rings. The van der Waals surface area contributed by atoms with Gasteiger partial charge in [0.25, 0.3) is 11.8 Å². The van der Waals surface area contributed by atoms with Gasteiger partial charge in [0.05, 0.1) is 22.2 Å². The molecule has 4 heterocycles. The molecule has 2 aromatic heterocycles. The Kier molecular flexibility index (Phi) is 17.4. The molecule has 0 saturated carbocycles. The third-order valence-electron chi connectivity index (χ3n) is 13.4. The number of aromatic amines is 1. The van der Waals surface area contributed by atoms with Crippen molar-refractivity contribution in [3.8, 4) is 11.5 Å². The average Bonchev–Trinajstić information content (AvgIpc) is 3.03. The highest BCUT2D eigenvalue weighted by Gasteiger charge is 2.49. The lowest BCUT2D eigenvalue weighted by atomic mass is 9.95. The van der Waals surface area contributed by atoms with Gasteiger partial charge in [-0.3, -0.25) is 24.5 Å². The second-order valence-electron chi connectivity index (χ2n) is 19.5. The number of carbonyl (C=O) groups is 6. The van der Waals surface area contributed by atoms with Crippen LogP contribution in [0.2, 0.25) is 10.0 Å². The molecule has 2 aliphatic heterocycles. The molecule has 0 unspecified atom stereocenters. The molecule has 8 aromatic rings. The largest absolute Gasteiger partial charge is 0.573 e. The van der Waals surface area contributed by atoms with E-state index in [0.717, 1.165) is 32.5 Å². The van der Waals surface area contributed by atoms with Crippen molar-refractivity contribution in [3.05, 3.63) is 199 Å². The zero-order valence-corrected chi connectivity index (χ0v) is 47.0. The molecular formula is C59H47BrCl2F6N4O10. The zero-order valence-electron chi connectivity index (χ0n) is 43.9. The van der Waals surface area contributed by atoms with Crippen molar-refractivity contribution in [1.29, 1.82) is 0 Å². The number of alkyl carbamates (subject to hydrolysis) is 1. The molecule has 2 saturated heterocycles. The van der Waals surface area contributed by atoms with Gasteiger partial charge in [0.15, 0.2) is 22.8 Å². The molecule has 2 fully saturated rings. The number of hydrogen-bond acceptors (Lipinski definition) is 10. The van der Waals surface area contributed by atoms with Gasteiger partial charge in [0.2, 0.25) is 0 Å². The van der Waals surface area contributed by atoms with E-state index in [0.29, 0.717) is 71.9 Å². The molecule has 23 heteroatoms. The van der Waals surface area contributed by atoms with Crippen molar-refractivity contribution in [2.75, 3.05) is 7.05 Å². The Bertz CT molecular complexity index is 3780. The lowest BCUT2D eigenvalue weighted by molar-refractivity contribution is -0.275. The number of imide groups is 2.